The van der Waals surface area contributed by atoms with Crippen molar-refractivity contribution in [3.8, 4) is 44.9 Å². The molecule has 0 fully saturated rings. The molecule has 1 aliphatic carbocycles. The number of anilines is 3. The number of hydrogen-bond acceptors (Lipinski definition) is 3. The Labute approximate surface area is 293 Å². The summed E-state index contributed by atoms with van der Waals surface area (Å²) in [7, 11) is 0. The molecule has 1 aliphatic rings. The summed E-state index contributed by atoms with van der Waals surface area (Å²) in [5, 5.41) is 1.03. The second kappa shape index (κ2) is 12.0. The maximum atomic E-state index is 5.21. The summed E-state index contributed by atoms with van der Waals surface area (Å²) in [5.41, 5.74) is 14.7. The summed E-state index contributed by atoms with van der Waals surface area (Å²) in [6.45, 7) is 4.68. The highest BCUT2D eigenvalue weighted by Crippen LogP contribution is 2.54. The lowest BCUT2D eigenvalue weighted by molar-refractivity contribution is 0.660. The van der Waals surface area contributed by atoms with Crippen molar-refractivity contribution in [2.75, 3.05) is 4.90 Å². The third kappa shape index (κ3) is 4.98. The Morgan fingerprint density at radius 3 is 1.88 bits per heavy atom. The largest absolute Gasteiger partial charge is 0.310 e. The summed E-state index contributed by atoms with van der Waals surface area (Å²) in [4.78, 5) is 12.6. The SMILES string of the molecule is CC1(C)c2ccccc2-c2c(N(c3ccc(-c4ccccc4)cc3)c3cccc(-c4nc(-c5ccccc5)nc5ccccc45)c3)cccc21. The predicted octanol–water partition coefficient (Wildman–Crippen LogP) is 12.4. The van der Waals surface area contributed by atoms with E-state index in [0.717, 1.165) is 50.6 Å². The van der Waals surface area contributed by atoms with E-state index in [1.54, 1.807) is 0 Å². The standard InChI is InChI=1S/C47H35N3/c1-47(2)40-23-11-9-21-38(40)44-41(47)24-14-26-43(44)50(36-29-27-33(28-30-36)32-15-5-3-6-16-32)37-20-13-19-35(31-37)45-39-22-10-12-25-42(39)48-46(49-45)34-17-7-4-8-18-34/h3-31H,1-2H3. The van der Waals surface area contributed by atoms with Crippen LogP contribution in [-0.2, 0) is 5.41 Å². The molecule has 0 N–H and O–H groups in total. The van der Waals surface area contributed by atoms with Crippen LogP contribution < -0.4 is 4.90 Å². The molecule has 0 saturated carbocycles. The van der Waals surface area contributed by atoms with Crippen LogP contribution in [0.5, 0.6) is 0 Å². The van der Waals surface area contributed by atoms with Crippen molar-refractivity contribution in [3.63, 3.8) is 0 Å². The van der Waals surface area contributed by atoms with Gasteiger partial charge in [-0.3, -0.25) is 0 Å². The van der Waals surface area contributed by atoms with Gasteiger partial charge in [-0.15, -0.1) is 0 Å². The highest BCUT2D eigenvalue weighted by molar-refractivity contribution is 5.97. The van der Waals surface area contributed by atoms with Crippen LogP contribution in [0, 0.1) is 0 Å². The second-order valence-electron chi connectivity index (χ2n) is 13.4. The van der Waals surface area contributed by atoms with Crippen molar-refractivity contribution in [1.82, 2.24) is 9.97 Å². The quantitative estimate of drug-likeness (QED) is 0.181. The Morgan fingerprint density at radius 1 is 0.460 bits per heavy atom. The van der Waals surface area contributed by atoms with Crippen LogP contribution in [0.2, 0.25) is 0 Å². The van der Waals surface area contributed by atoms with Crippen LogP contribution in [-0.4, -0.2) is 9.97 Å². The number of hydrogen-bond donors (Lipinski definition) is 0. The topological polar surface area (TPSA) is 29.0 Å². The first kappa shape index (κ1) is 29.8. The van der Waals surface area contributed by atoms with Crippen molar-refractivity contribution in [1.29, 1.82) is 0 Å². The molecule has 0 unspecified atom stereocenters. The van der Waals surface area contributed by atoms with Crippen molar-refractivity contribution < 1.29 is 0 Å². The third-order valence-corrected chi connectivity index (χ3v) is 10.1. The van der Waals surface area contributed by atoms with Crippen molar-refractivity contribution in [3.05, 3.63) is 187 Å². The van der Waals surface area contributed by atoms with Crippen LogP contribution in [0.1, 0.15) is 25.0 Å². The minimum absolute atomic E-state index is 0.111. The molecule has 238 valence electrons. The van der Waals surface area contributed by atoms with Crippen LogP contribution in [0.3, 0.4) is 0 Å². The summed E-state index contributed by atoms with van der Waals surface area (Å²) >= 11 is 0. The van der Waals surface area contributed by atoms with Gasteiger partial charge in [-0.05, 0) is 64.2 Å². The van der Waals surface area contributed by atoms with Gasteiger partial charge >= 0.3 is 0 Å². The fourth-order valence-electron chi connectivity index (χ4n) is 7.59. The monoisotopic (exact) mass is 641 g/mol. The van der Waals surface area contributed by atoms with Crippen LogP contribution in [0.4, 0.5) is 17.1 Å². The predicted molar refractivity (Wildman–Crippen MR) is 208 cm³/mol. The van der Waals surface area contributed by atoms with E-state index in [-0.39, 0.29) is 5.41 Å². The average molecular weight is 642 g/mol. The molecule has 0 atom stereocenters. The van der Waals surface area contributed by atoms with Gasteiger partial charge in [0.2, 0.25) is 0 Å². The lowest BCUT2D eigenvalue weighted by atomic mass is 9.82. The van der Waals surface area contributed by atoms with Crippen LogP contribution >= 0.6 is 0 Å². The van der Waals surface area contributed by atoms with E-state index in [9.17, 15) is 0 Å². The van der Waals surface area contributed by atoms with Gasteiger partial charge in [-0.2, -0.15) is 0 Å². The van der Waals surface area contributed by atoms with Gasteiger partial charge in [0, 0.05) is 38.9 Å². The number of benzene rings is 7. The van der Waals surface area contributed by atoms with Gasteiger partial charge in [0.25, 0.3) is 0 Å². The molecule has 1 aromatic heterocycles. The smallest absolute Gasteiger partial charge is 0.160 e. The molecule has 3 nitrogen and oxygen atoms in total. The molecule has 8 aromatic rings. The normalized spacial score (nSPS) is 12.8. The molecule has 3 heteroatoms. The molecule has 0 amide bonds. The fraction of sp³-hybridized carbons (Fsp3) is 0.0638. The Morgan fingerprint density at radius 2 is 1.08 bits per heavy atom. The molecule has 50 heavy (non-hydrogen) atoms. The molecule has 0 bridgehead atoms. The van der Waals surface area contributed by atoms with Gasteiger partial charge in [0.05, 0.1) is 16.9 Å². The number of aromatic nitrogens is 2. The summed E-state index contributed by atoms with van der Waals surface area (Å²) in [6, 6.07) is 62.5. The van der Waals surface area contributed by atoms with Crippen LogP contribution in [0.25, 0.3) is 55.8 Å². The lowest BCUT2D eigenvalue weighted by Gasteiger charge is -2.29. The molecular weight excluding hydrogens is 607 g/mol. The Kier molecular flexibility index (Phi) is 7.14. The van der Waals surface area contributed by atoms with Crippen molar-refractivity contribution >= 4 is 28.0 Å². The Hall–Kier alpha value is -6.32. The molecule has 1 heterocycles. The van der Waals surface area contributed by atoms with E-state index in [2.05, 4.69) is 170 Å². The zero-order chi connectivity index (χ0) is 33.7. The maximum Gasteiger partial charge on any atom is 0.160 e. The zero-order valence-electron chi connectivity index (χ0n) is 28.1. The lowest BCUT2D eigenvalue weighted by Crippen LogP contribution is -2.16. The number of fused-ring (bicyclic) bond motifs is 4. The first-order chi connectivity index (χ1) is 24.6. The van der Waals surface area contributed by atoms with E-state index < -0.39 is 0 Å². The van der Waals surface area contributed by atoms with E-state index in [4.69, 9.17) is 9.97 Å². The molecule has 0 radical (unpaired) electrons. The minimum atomic E-state index is -0.111. The van der Waals surface area contributed by atoms with Crippen molar-refractivity contribution in [2.45, 2.75) is 19.3 Å². The maximum absolute atomic E-state index is 5.21. The van der Waals surface area contributed by atoms with E-state index in [1.165, 1.54) is 33.4 Å². The Balaban J connectivity index is 1.26. The highest BCUT2D eigenvalue weighted by Gasteiger charge is 2.37. The zero-order valence-corrected chi connectivity index (χ0v) is 28.1. The minimum Gasteiger partial charge on any atom is -0.310 e. The number of nitrogens with zero attached hydrogens (tertiary/aromatic N) is 3. The molecule has 0 aliphatic heterocycles. The molecule has 0 spiro atoms. The van der Waals surface area contributed by atoms with E-state index in [1.807, 2.05) is 24.3 Å². The fourth-order valence-corrected chi connectivity index (χ4v) is 7.59. The first-order valence-corrected chi connectivity index (χ1v) is 17.2. The van der Waals surface area contributed by atoms with E-state index in [0.29, 0.717) is 0 Å². The van der Waals surface area contributed by atoms with Gasteiger partial charge < -0.3 is 4.90 Å². The second-order valence-corrected chi connectivity index (χ2v) is 13.4. The van der Waals surface area contributed by atoms with Gasteiger partial charge in [-0.25, -0.2) is 9.97 Å². The third-order valence-electron chi connectivity index (χ3n) is 10.1. The summed E-state index contributed by atoms with van der Waals surface area (Å²) < 4.78 is 0. The molecule has 7 aromatic carbocycles. The summed E-state index contributed by atoms with van der Waals surface area (Å²) in [5.74, 6) is 0.720. The van der Waals surface area contributed by atoms with Gasteiger partial charge in [-0.1, -0.05) is 153 Å². The molecular formula is C47H35N3. The van der Waals surface area contributed by atoms with Gasteiger partial charge in [0.15, 0.2) is 5.82 Å². The number of rotatable bonds is 6. The van der Waals surface area contributed by atoms with Crippen molar-refractivity contribution in [2.24, 2.45) is 0 Å². The number of para-hydroxylation sites is 1. The average Bonchev–Trinajstić information content (AvgIpc) is 3.42. The van der Waals surface area contributed by atoms with Gasteiger partial charge in [0.1, 0.15) is 0 Å². The molecule has 0 saturated heterocycles. The Bertz CT molecular complexity index is 2500. The van der Waals surface area contributed by atoms with Crippen LogP contribution in [0.15, 0.2) is 176 Å². The highest BCUT2D eigenvalue weighted by atomic mass is 15.1. The van der Waals surface area contributed by atoms with E-state index >= 15 is 0 Å². The first-order valence-electron chi connectivity index (χ1n) is 17.2. The summed E-state index contributed by atoms with van der Waals surface area (Å²) in [6.07, 6.45) is 0. The molecule has 9 rings (SSSR count).